The molecule has 22 heavy (non-hydrogen) atoms. The molecule has 1 unspecified atom stereocenters. The van der Waals surface area contributed by atoms with E-state index >= 15 is 0 Å². The summed E-state index contributed by atoms with van der Waals surface area (Å²) in [5.41, 5.74) is 0.948. The van der Waals surface area contributed by atoms with E-state index in [1.54, 1.807) is 6.07 Å². The van der Waals surface area contributed by atoms with Gasteiger partial charge in [0.1, 0.15) is 5.82 Å². The van der Waals surface area contributed by atoms with E-state index in [1.165, 1.54) is 0 Å². The van der Waals surface area contributed by atoms with Gasteiger partial charge in [-0.25, -0.2) is 0 Å². The quantitative estimate of drug-likeness (QED) is 0.823. The Morgan fingerprint density at radius 1 is 1.14 bits per heavy atom. The molecule has 5 nitrogen and oxygen atoms in total. The number of amides is 1. The summed E-state index contributed by atoms with van der Waals surface area (Å²) in [5, 5.41) is 14.0. The summed E-state index contributed by atoms with van der Waals surface area (Å²) in [6.07, 6.45) is 1.31. The summed E-state index contributed by atoms with van der Waals surface area (Å²) in [4.78, 5) is 12.0. The van der Waals surface area contributed by atoms with E-state index in [0.29, 0.717) is 24.1 Å². The van der Waals surface area contributed by atoms with Crippen molar-refractivity contribution >= 4 is 33.5 Å². The van der Waals surface area contributed by atoms with Gasteiger partial charge in [-0.2, -0.15) is 0 Å². The highest BCUT2D eigenvalue weighted by atomic mass is 79.9. The lowest BCUT2D eigenvalue weighted by Gasteiger charge is -2.11. The fourth-order valence-corrected chi connectivity index (χ4v) is 2.07. The maximum Gasteiger partial charge on any atom is 0.229 e. The van der Waals surface area contributed by atoms with Crippen LogP contribution in [0.25, 0.3) is 0 Å². The molecule has 2 rings (SSSR count). The highest BCUT2D eigenvalue weighted by Gasteiger charge is 2.06. The van der Waals surface area contributed by atoms with Crippen molar-refractivity contribution in [3.63, 3.8) is 0 Å². The van der Waals surface area contributed by atoms with Crippen molar-refractivity contribution in [1.29, 1.82) is 0 Å². The SMILES string of the molecule is CCC(C)Nc1ccc(NC(=O)Cc2ccc(Br)cc2)nn1. The number of anilines is 2. The Bertz CT molecular complexity index is 613. The highest BCUT2D eigenvalue weighted by Crippen LogP contribution is 2.12. The Hall–Kier alpha value is -1.95. The molecule has 0 aliphatic rings. The normalized spacial score (nSPS) is 11.8. The lowest BCUT2D eigenvalue weighted by atomic mass is 10.1. The minimum absolute atomic E-state index is 0.112. The van der Waals surface area contributed by atoms with E-state index in [4.69, 9.17) is 0 Å². The summed E-state index contributed by atoms with van der Waals surface area (Å²) < 4.78 is 0.993. The van der Waals surface area contributed by atoms with Crippen molar-refractivity contribution in [3.8, 4) is 0 Å². The fourth-order valence-electron chi connectivity index (χ4n) is 1.81. The molecule has 1 amide bonds. The Kier molecular flexibility index (Phi) is 5.89. The van der Waals surface area contributed by atoms with Crippen molar-refractivity contribution < 1.29 is 4.79 Å². The monoisotopic (exact) mass is 362 g/mol. The second-order valence-corrected chi connectivity index (χ2v) is 6.02. The maximum atomic E-state index is 12.0. The van der Waals surface area contributed by atoms with Gasteiger partial charge in [0, 0.05) is 10.5 Å². The molecule has 0 radical (unpaired) electrons. The molecule has 0 aliphatic carbocycles. The number of hydrogen-bond acceptors (Lipinski definition) is 4. The first-order valence-corrected chi connectivity index (χ1v) is 8.00. The molecule has 6 heteroatoms. The van der Waals surface area contributed by atoms with Gasteiger partial charge in [0.05, 0.1) is 6.42 Å². The van der Waals surface area contributed by atoms with Gasteiger partial charge in [-0.15, -0.1) is 10.2 Å². The van der Waals surface area contributed by atoms with Gasteiger partial charge >= 0.3 is 0 Å². The van der Waals surface area contributed by atoms with Crippen molar-refractivity contribution in [2.24, 2.45) is 0 Å². The average Bonchev–Trinajstić information content (AvgIpc) is 2.51. The van der Waals surface area contributed by atoms with Gasteiger partial charge in [-0.3, -0.25) is 4.79 Å². The van der Waals surface area contributed by atoms with Crippen molar-refractivity contribution in [2.75, 3.05) is 10.6 Å². The summed E-state index contributed by atoms with van der Waals surface area (Å²) in [6.45, 7) is 4.18. The smallest absolute Gasteiger partial charge is 0.229 e. The summed E-state index contributed by atoms with van der Waals surface area (Å²) in [6, 6.07) is 11.6. The number of halogens is 1. The van der Waals surface area contributed by atoms with E-state index in [-0.39, 0.29) is 5.91 Å². The molecule has 1 aromatic carbocycles. The van der Waals surface area contributed by atoms with Crippen LogP contribution in [0.5, 0.6) is 0 Å². The number of benzene rings is 1. The minimum Gasteiger partial charge on any atom is -0.366 e. The zero-order valence-electron chi connectivity index (χ0n) is 12.6. The van der Waals surface area contributed by atoms with Crippen LogP contribution in [0.1, 0.15) is 25.8 Å². The maximum absolute atomic E-state index is 12.0. The molecule has 2 aromatic rings. The molecular weight excluding hydrogens is 344 g/mol. The Morgan fingerprint density at radius 3 is 2.36 bits per heavy atom. The number of nitrogens with zero attached hydrogens (tertiary/aromatic N) is 2. The lowest BCUT2D eigenvalue weighted by molar-refractivity contribution is -0.115. The molecule has 0 aliphatic heterocycles. The van der Waals surface area contributed by atoms with Crippen LogP contribution in [0.2, 0.25) is 0 Å². The van der Waals surface area contributed by atoms with Gasteiger partial charge in [0.2, 0.25) is 5.91 Å². The van der Waals surface area contributed by atoms with E-state index in [0.717, 1.165) is 16.5 Å². The number of rotatable bonds is 6. The third-order valence-electron chi connectivity index (χ3n) is 3.22. The van der Waals surface area contributed by atoms with Crippen molar-refractivity contribution in [2.45, 2.75) is 32.7 Å². The van der Waals surface area contributed by atoms with Crippen LogP contribution < -0.4 is 10.6 Å². The summed E-state index contributed by atoms with van der Waals surface area (Å²) in [7, 11) is 0. The molecular formula is C16H19BrN4O. The van der Waals surface area contributed by atoms with Gasteiger partial charge in [-0.05, 0) is 43.2 Å². The summed E-state index contributed by atoms with van der Waals surface area (Å²) in [5.74, 6) is 1.05. The first-order chi connectivity index (χ1) is 10.6. The molecule has 1 heterocycles. The molecule has 0 saturated carbocycles. The Balaban J connectivity index is 1.90. The predicted octanol–water partition coefficient (Wildman–Crippen LogP) is 3.63. The third kappa shape index (κ3) is 5.11. The molecule has 0 saturated heterocycles. The van der Waals surface area contributed by atoms with Gasteiger partial charge in [0.15, 0.2) is 5.82 Å². The van der Waals surface area contributed by atoms with E-state index in [9.17, 15) is 4.79 Å². The molecule has 1 aromatic heterocycles. The topological polar surface area (TPSA) is 66.9 Å². The molecule has 116 valence electrons. The Labute approximate surface area is 138 Å². The van der Waals surface area contributed by atoms with Crippen LogP contribution in [0.3, 0.4) is 0 Å². The van der Waals surface area contributed by atoms with Gasteiger partial charge < -0.3 is 10.6 Å². The Morgan fingerprint density at radius 2 is 1.77 bits per heavy atom. The van der Waals surface area contributed by atoms with Crippen LogP contribution in [-0.4, -0.2) is 22.1 Å². The zero-order valence-corrected chi connectivity index (χ0v) is 14.2. The van der Waals surface area contributed by atoms with Crippen LogP contribution in [-0.2, 0) is 11.2 Å². The van der Waals surface area contributed by atoms with Crippen LogP contribution in [0.15, 0.2) is 40.9 Å². The summed E-state index contributed by atoms with van der Waals surface area (Å²) >= 11 is 3.37. The zero-order chi connectivity index (χ0) is 15.9. The number of carbonyl (C=O) groups excluding carboxylic acids is 1. The van der Waals surface area contributed by atoms with Crippen molar-refractivity contribution in [1.82, 2.24) is 10.2 Å². The number of nitrogens with one attached hydrogen (secondary N) is 2. The average molecular weight is 363 g/mol. The van der Waals surface area contributed by atoms with Crippen LogP contribution in [0, 0.1) is 0 Å². The van der Waals surface area contributed by atoms with E-state index in [2.05, 4.69) is 50.6 Å². The van der Waals surface area contributed by atoms with Crippen molar-refractivity contribution in [3.05, 3.63) is 46.4 Å². The molecule has 1 atom stereocenters. The number of aromatic nitrogens is 2. The second kappa shape index (κ2) is 7.89. The molecule has 2 N–H and O–H groups in total. The second-order valence-electron chi connectivity index (χ2n) is 5.11. The van der Waals surface area contributed by atoms with E-state index < -0.39 is 0 Å². The van der Waals surface area contributed by atoms with Crippen LogP contribution in [0.4, 0.5) is 11.6 Å². The first-order valence-electron chi connectivity index (χ1n) is 7.21. The largest absolute Gasteiger partial charge is 0.366 e. The lowest BCUT2D eigenvalue weighted by Crippen LogP contribution is -2.17. The number of hydrogen-bond donors (Lipinski definition) is 2. The molecule has 0 spiro atoms. The minimum atomic E-state index is -0.112. The molecule has 0 bridgehead atoms. The highest BCUT2D eigenvalue weighted by molar-refractivity contribution is 9.10. The first kappa shape index (κ1) is 16.4. The van der Waals surface area contributed by atoms with Crippen LogP contribution >= 0.6 is 15.9 Å². The van der Waals surface area contributed by atoms with E-state index in [1.807, 2.05) is 30.3 Å². The van der Waals surface area contributed by atoms with Gasteiger partial charge in [-0.1, -0.05) is 35.0 Å². The standard InChI is InChI=1S/C16H19BrN4O/c1-3-11(2)18-14-8-9-15(21-20-14)19-16(22)10-12-4-6-13(17)7-5-12/h4-9,11H,3,10H2,1-2H3,(H,18,20)(H,19,21,22). The fraction of sp³-hybridized carbons (Fsp3) is 0.312. The third-order valence-corrected chi connectivity index (χ3v) is 3.75. The van der Waals surface area contributed by atoms with Gasteiger partial charge in [0.25, 0.3) is 0 Å². The number of carbonyl (C=O) groups is 1. The predicted molar refractivity (Wildman–Crippen MR) is 91.9 cm³/mol. The molecule has 0 fully saturated rings.